The highest BCUT2D eigenvalue weighted by molar-refractivity contribution is 5.38. The molecule has 2 aromatic carbocycles. The fraction of sp³-hybridized carbons (Fsp3) is 0.200. The molecule has 0 saturated carbocycles. The average Bonchev–Trinajstić information content (AvgIpc) is 2.39. The van der Waals surface area contributed by atoms with Crippen LogP contribution >= 0.6 is 0 Å². The third-order valence-corrected chi connectivity index (χ3v) is 2.98. The van der Waals surface area contributed by atoms with Gasteiger partial charge in [0.05, 0.1) is 13.2 Å². The van der Waals surface area contributed by atoms with E-state index in [1.54, 1.807) is 18.2 Å². The van der Waals surface area contributed by atoms with Crippen LogP contribution in [0.1, 0.15) is 22.7 Å². The maximum Gasteiger partial charge on any atom is 0.170 e. The molecule has 0 aliphatic rings. The van der Waals surface area contributed by atoms with Crippen LogP contribution < -0.4 is 10.5 Å². The number of halogens is 1. The second kappa shape index (κ2) is 5.19. The maximum absolute atomic E-state index is 14.1. The summed E-state index contributed by atoms with van der Waals surface area (Å²) in [6.45, 7) is 2.00. The van der Waals surface area contributed by atoms with Crippen LogP contribution in [-0.2, 0) is 0 Å². The molecule has 3 heteroatoms. The fourth-order valence-electron chi connectivity index (χ4n) is 1.88. The van der Waals surface area contributed by atoms with E-state index in [0.717, 1.165) is 11.1 Å². The van der Waals surface area contributed by atoms with Crippen molar-refractivity contribution in [2.45, 2.75) is 13.0 Å². The van der Waals surface area contributed by atoms with Gasteiger partial charge in [0, 0.05) is 5.56 Å². The average molecular weight is 245 g/mol. The lowest BCUT2D eigenvalue weighted by molar-refractivity contribution is 0.383. The Bertz CT molecular complexity index is 537. The Kier molecular flexibility index (Phi) is 3.63. The molecule has 0 amide bonds. The quantitative estimate of drug-likeness (QED) is 0.901. The normalized spacial score (nSPS) is 12.2. The van der Waals surface area contributed by atoms with Crippen molar-refractivity contribution >= 4 is 0 Å². The van der Waals surface area contributed by atoms with Gasteiger partial charge < -0.3 is 10.5 Å². The fourth-order valence-corrected chi connectivity index (χ4v) is 1.88. The number of methoxy groups -OCH3 is 1. The standard InChI is InChI=1S/C15H16FNO/c1-10-6-8-11(9-7-10)15(17)12-4-3-5-13(18-2)14(12)16/h3-9,15H,17H2,1-2H3. The molecule has 0 fully saturated rings. The molecule has 0 aliphatic carbocycles. The van der Waals surface area contributed by atoms with Crippen LogP contribution in [0.25, 0.3) is 0 Å². The largest absolute Gasteiger partial charge is 0.494 e. The minimum Gasteiger partial charge on any atom is -0.494 e. The van der Waals surface area contributed by atoms with Crippen molar-refractivity contribution < 1.29 is 9.13 Å². The monoisotopic (exact) mass is 245 g/mol. The first-order chi connectivity index (χ1) is 8.63. The molecule has 0 heterocycles. The molecule has 0 spiro atoms. The second-order valence-electron chi connectivity index (χ2n) is 4.25. The summed E-state index contributed by atoms with van der Waals surface area (Å²) in [5.74, 6) is -0.178. The molecule has 1 unspecified atom stereocenters. The van der Waals surface area contributed by atoms with Crippen LogP contribution in [0.15, 0.2) is 42.5 Å². The first-order valence-corrected chi connectivity index (χ1v) is 5.78. The van der Waals surface area contributed by atoms with Crippen molar-refractivity contribution in [2.75, 3.05) is 7.11 Å². The van der Waals surface area contributed by atoms with Gasteiger partial charge in [0.15, 0.2) is 11.6 Å². The van der Waals surface area contributed by atoms with Crippen molar-refractivity contribution in [2.24, 2.45) is 5.73 Å². The zero-order valence-electron chi connectivity index (χ0n) is 10.5. The van der Waals surface area contributed by atoms with Crippen molar-refractivity contribution in [3.05, 3.63) is 65.0 Å². The molecule has 2 rings (SSSR count). The summed E-state index contributed by atoms with van der Waals surface area (Å²) >= 11 is 0. The van der Waals surface area contributed by atoms with Gasteiger partial charge in [0.1, 0.15) is 0 Å². The van der Waals surface area contributed by atoms with Gasteiger partial charge >= 0.3 is 0 Å². The van der Waals surface area contributed by atoms with E-state index in [-0.39, 0.29) is 5.75 Å². The second-order valence-corrected chi connectivity index (χ2v) is 4.25. The van der Waals surface area contributed by atoms with Crippen molar-refractivity contribution in [3.63, 3.8) is 0 Å². The van der Waals surface area contributed by atoms with Gasteiger partial charge in [-0.2, -0.15) is 0 Å². The third kappa shape index (κ3) is 2.36. The van der Waals surface area contributed by atoms with Crippen LogP contribution in [-0.4, -0.2) is 7.11 Å². The highest BCUT2D eigenvalue weighted by Gasteiger charge is 2.16. The number of aryl methyl sites for hydroxylation is 1. The predicted molar refractivity (Wildman–Crippen MR) is 70.2 cm³/mol. The number of rotatable bonds is 3. The summed E-state index contributed by atoms with van der Waals surface area (Å²) in [7, 11) is 1.44. The lowest BCUT2D eigenvalue weighted by Crippen LogP contribution is -2.14. The Hall–Kier alpha value is -1.87. The molecule has 0 bridgehead atoms. The lowest BCUT2D eigenvalue weighted by atomic mass is 9.98. The first-order valence-electron chi connectivity index (χ1n) is 5.78. The lowest BCUT2D eigenvalue weighted by Gasteiger charge is -2.15. The van der Waals surface area contributed by atoms with Gasteiger partial charge in [0.25, 0.3) is 0 Å². The van der Waals surface area contributed by atoms with E-state index < -0.39 is 11.9 Å². The maximum atomic E-state index is 14.1. The Morgan fingerprint density at radius 1 is 1.11 bits per heavy atom. The molecular weight excluding hydrogens is 229 g/mol. The van der Waals surface area contributed by atoms with Crippen LogP contribution in [0.2, 0.25) is 0 Å². The van der Waals surface area contributed by atoms with E-state index in [4.69, 9.17) is 10.5 Å². The summed E-state index contributed by atoms with van der Waals surface area (Å²) in [5.41, 5.74) is 8.57. The highest BCUT2D eigenvalue weighted by Crippen LogP contribution is 2.27. The summed E-state index contributed by atoms with van der Waals surface area (Å²) < 4.78 is 19.0. The Labute approximate surface area is 106 Å². The van der Waals surface area contributed by atoms with Gasteiger partial charge in [-0.3, -0.25) is 0 Å². The number of benzene rings is 2. The van der Waals surface area contributed by atoms with Crippen LogP contribution in [0, 0.1) is 12.7 Å². The summed E-state index contributed by atoms with van der Waals surface area (Å²) in [6, 6.07) is 12.3. The molecule has 2 N–H and O–H groups in total. The van der Waals surface area contributed by atoms with Crippen molar-refractivity contribution in [1.82, 2.24) is 0 Å². The Morgan fingerprint density at radius 2 is 1.78 bits per heavy atom. The molecule has 0 aromatic heterocycles. The van der Waals surface area contributed by atoms with Gasteiger partial charge in [-0.05, 0) is 18.6 Å². The van der Waals surface area contributed by atoms with E-state index in [9.17, 15) is 4.39 Å². The molecule has 0 saturated heterocycles. The Balaban J connectivity index is 2.39. The van der Waals surface area contributed by atoms with E-state index in [2.05, 4.69) is 0 Å². The van der Waals surface area contributed by atoms with Gasteiger partial charge in [-0.25, -0.2) is 4.39 Å². The van der Waals surface area contributed by atoms with Crippen LogP contribution in [0.4, 0.5) is 4.39 Å². The summed E-state index contributed by atoms with van der Waals surface area (Å²) in [4.78, 5) is 0. The molecule has 1 atom stereocenters. The van der Waals surface area contributed by atoms with E-state index in [1.165, 1.54) is 7.11 Å². The summed E-state index contributed by atoms with van der Waals surface area (Å²) in [6.07, 6.45) is 0. The minimum absolute atomic E-state index is 0.218. The summed E-state index contributed by atoms with van der Waals surface area (Å²) in [5, 5.41) is 0. The van der Waals surface area contributed by atoms with Crippen LogP contribution in [0.5, 0.6) is 5.75 Å². The van der Waals surface area contributed by atoms with E-state index in [1.807, 2.05) is 31.2 Å². The van der Waals surface area contributed by atoms with Gasteiger partial charge in [0.2, 0.25) is 0 Å². The molecule has 2 aromatic rings. The first kappa shape index (κ1) is 12.6. The predicted octanol–water partition coefficient (Wildman–Crippen LogP) is 3.19. The molecule has 94 valence electrons. The van der Waals surface area contributed by atoms with Crippen LogP contribution in [0.3, 0.4) is 0 Å². The third-order valence-electron chi connectivity index (χ3n) is 2.98. The molecule has 2 nitrogen and oxygen atoms in total. The molecule has 18 heavy (non-hydrogen) atoms. The Morgan fingerprint density at radius 3 is 2.39 bits per heavy atom. The number of hydrogen-bond donors (Lipinski definition) is 1. The molecule has 0 radical (unpaired) electrons. The highest BCUT2D eigenvalue weighted by atomic mass is 19.1. The molecular formula is C15H16FNO. The zero-order valence-corrected chi connectivity index (χ0v) is 10.5. The molecule has 0 aliphatic heterocycles. The number of ether oxygens (including phenoxy) is 1. The van der Waals surface area contributed by atoms with Gasteiger partial charge in [-0.1, -0.05) is 42.0 Å². The van der Waals surface area contributed by atoms with Crippen molar-refractivity contribution in [3.8, 4) is 5.75 Å². The number of nitrogens with two attached hydrogens (primary N) is 1. The van der Waals surface area contributed by atoms with Crippen molar-refractivity contribution in [1.29, 1.82) is 0 Å². The van der Waals surface area contributed by atoms with E-state index >= 15 is 0 Å². The van der Waals surface area contributed by atoms with Gasteiger partial charge in [-0.15, -0.1) is 0 Å². The van der Waals surface area contributed by atoms with E-state index in [0.29, 0.717) is 5.56 Å². The minimum atomic E-state index is -0.485. The SMILES string of the molecule is COc1cccc(C(N)c2ccc(C)cc2)c1F. The smallest absolute Gasteiger partial charge is 0.170 e. The topological polar surface area (TPSA) is 35.2 Å². The number of hydrogen-bond acceptors (Lipinski definition) is 2. The zero-order chi connectivity index (χ0) is 13.1.